The summed E-state index contributed by atoms with van der Waals surface area (Å²) < 4.78 is 0. The van der Waals surface area contributed by atoms with Crippen LogP contribution in [-0.2, 0) is 5.88 Å². The van der Waals surface area contributed by atoms with Gasteiger partial charge in [0.2, 0.25) is 0 Å². The van der Waals surface area contributed by atoms with Crippen LogP contribution in [0.5, 0.6) is 0 Å². The smallest absolute Gasteiger partial charge is 0.149 e. The van der Waals surface area contributed by atoms with Gasteiger partial charge in [0.25, 0.3) is 0 Å². The van der Waals surface area contributed by atoms with Gasteiger partial charge in [-0.2, -0.15) is 0 Å². The third-order valence-corrected chi connectivity index (χ3v) is 2.74. The fourth-order valence-corrected chi connectivity index (χ4v) is 1.64. The lowest BCUT2D eigenvalue weighted by Gasteiger charge is -2.07. The molecule has 82 valence electrons. The highest BCUT2D eigenvalue weighted by Crippen LogP contribution is 2.22. The van der Waals surface area contributed by atoms with Gasteiger partial charge in [-0.3, -0.25) is 0 Å². The summed E-state index contributed by atoms with van der Waals surface area (Å²) in [6.45, 7) is 0. The van der Waals surface area contributed by atoms with E-state index < -0.39 is 0 Å². The van der Waals surface area contributed by atoms with Gasteiger partial charge in [0.1, 0.15) is 5.82 Å². The lowest BCUT2D eigenvalue weighted by molar-refractivity contribution is 1.30. The fraction of sp³-hybridized carbons (Fsp3) is 0.0833. The number of pyridine rings is 1. The molecule has 1 N–H and O–H groups in total. The molecule has 2 nitrogen and oxygen atoms in total. The van der Waals surface area contributed by atoms with E-state index >= 15 is 0 Å². The van der Waals surface area contributed by atoms with Crippen molar-refractivity contribution in [2.24, 2.45) is 0 Å². The van der Waals surface area contributed by atoms with E-state index in [-0.39, 0.29) is 0 Å². The molecule has 0 aliphatic heterocycles. The molecule has 2 rings (SSSR count). The zero-order chi connectivity index (χ0) is 11.4. The Morgan fingerprint density at radius 2 is 1.88 bits per heavy atom. The van der Waals surface area contributed by atoms with Gasteiger partial charge in [-0.25, -0.2) is 4.98 Å². The number of nitrogens with one attached hydrogen (secondary N) is 1. The van der Waals surface area contributed by atoms with Crippen molar-refractivity contribution < 1.29 is 0 Å². The van der Waals surface area contributed by atoms with Crippen LogP contribution in [0, 0.1) is 0 Å². The molecule has 4 heteroatoms. The van der Waals surface area contributed by atoms with Crippen LogP contribution >= 0.6 is 23.2 Å². The molecule has 0 unspecified atom stereocenters. The molecule has 0 saturated carbocycles. The first-order valence-corrected chi connectivity index (χ1v) is 5.73. The first-order chi connectivity index (χ1) is 7.79. The summed E-state index contributed by atoms with van der Waals surface area (Å²) in [5.74, 6) is 1.17. The second kappa shape index (κ2) is 5.19. The molecule has 0 radical (unpaired) electrons. The van der Waals surface area contributed by atoms with E-state index in [1.807, 2.05) is 24.3 Å². The summed E-state index contributed by atoms with van der Waals surface area (Å²) in [6.07, 6.45) is 1.70. The number of halogens is 2. The van der Waals surface area contributed by atoms with Crippen LogP contribution in [0.15, 0.2) is 42.6 Å². The zero-order valence-electron chi connectivity index (χ0n) is 8.45. The van der Waals surface area contributed by atoms with Crippen molar-refractivity contribution in [3.63, 3.8) is 0 Å². The molecule has 1 heterocycles. The Hall–Kier alpha value is -1.25. The van der Waals surface area contributed by atoms with Crippen molar-refractivity contribution in [1.82, 2.24) is 4.98 Å². The van der Waals surface area contributed by atoms with E-state index in [2.05, 4.69) is 10.3 Å². The standard InChI is InChI=1S/C12H10Cl2N2/c13-8-9-3-5-10(6-4-9)16-12-11(14)2-1-7-15-12/h1-7H,8H2,(H,15,16). The first-order valence-electron chi connectivity index (χ1n) is 4.82. The first kappa shape index (κ1) is 11.2. The molecule has 0 bridgehead atoms. The number of anilines is 2. The number of rotatable bonds is 3. The molecule has 1 aromatic carbocycles. The van der Waals surface area contributed by atoms with Crippen LogP contribution in [0.1, 0.15) is 5.56 Å². The predicted octanol–water partition coefficient (Wildman–Crippen LogP) is 4.22. The molecule has 0 aliphatic carbocycles. The van der Waals surface area contributed by atoms with E-state index in [4.69, 9.17) is 23.2 Å². The third kappa shape index (κ3) is 2.65. The van der Waals surface area contributed by atoms with Crippen molar-refractivity contribution in [2.75, 3.05) is 5.32 Å². The maximum atomic E-state index is 5.99. The van der Waals surface area contributed by atoms with Crippen LogP contribution in [0.2, 0.25) is 5.02 Å². The van der Waals surface area contributed by atoms with E-state index in [1.54, 1.807) is 18.3 Å². The highest BCUT2D eigenvalue weighted by molar-refractivity contribution is 6.33. The molecule has 0 amide bonds. The van der Waals surface area contributed by atoms with Gasteiger partial charge in [0.05, 0.1) is 5.02 Å². The monoisotopic (exact) mass is 252 g/mol. The molecular weight excluding hydrogens is 243 g/mol. The summed E-state index contributed by atoms with van der Waals surface area (Å²) >= 11 is 11.7. The minimum Gasteiger partial charge on any atom is -0.339 e. The van der Waals surface area contributed by atoms with Gasteiger partial charge >= 0.3 is 0 Å². The quantitative estimate of drug-likeness (QED) is 0.828. The Kier molecular flexibility index (Phi) is 3.65. The maximum Gasteiger partial charge on any atom is 0.149 e. The summed E-state index contributed by atoms with van der Waals surface area (Å²) in [6, 6.07) is 11.4. The van der Waals surface area contributed by atoms with E-state index in [0.717, 1.165) is 11.3 Å². The van der Waals surface area contributed by atoms with Gasteiger partial charge in [-0.1, -0.05) is 23.7 Å². The average molecular weight is 253 g/mol. The number of alkyl halides is 1. The van der Waals surface area contributed by atoms with E-state index in [0.29, 0.717) is 16.7 Å². The van der Waals surface area contributed by atoms with Crippen molar-refractivity contribution >= 4 is 34.7 Å². The lowest BCUT2D eigenvalue weighted by Crippen LogP contribution is -1.93. The second-order valence-corrected chi connectivity index (χ2v) is 3.96. The van der Waals surface area contributed by atoms with Gasteiger partial charge in [-0.15, -0.1) is 11.6 Å². The maximum absolute atomic E-state index is 5.99. The summed E-state index contributed by atoms with van der Waals surface area (Å²) in [4.78, 5) is 4.15. The molecule has 0 atom stereocenters. The summed E-state index contributed by atoms with van der Waals surface area (Å²) in [5, 5.41) is 3.74. The van der Waals surface area contributed by atoms with Gasteiger partial charge in [-0.05, 0) is 29.8 Å². The molecule has 16 heavy (non-hydrogen) atoms. The van der Waals surface area contributed by atoms with Crippen LogP contribution in [0.3, 0.4) is 0 Å². The van der Waals surface area contributed by atoms with E-state index in [1.165, 1.54) is 0 Å². The summed E-state index contributed by atoms with van der Waals surface area (Å²) in [7, 11) is 0. The zero-order valence-corrected chi connectivity index (χ0v) is 9.96. The highest BCUT2D eigenvalue weighted by atomic mass is 35.5. The lowest BCUT2D eigenvalue weighted by atomic mass is 10.2. The van der Waals surface area contributed by atoms with Crippen LogP contribution < -0.4 is 5.32 Å². The molecular formula is C12H10Cl2N2. The van der Waals surface area contributed by atoms with Crippen molar-refractivity contribution in [3.8, 4) is 0 Å². The largest absolute Gasteiger partial charge is 0.339 e. The van der Waals surface area contributed by atoms with Crippen molar-refractivity contribution in [1.29, 1.82) is 0 Å². The van der Waals surface area contributed by atoms with Gasteiger partial charge in [0, 0.05) is 17.8 Å². The second-order valence-electron chi connectivity index (χ2n) is 3.29. The SMILES string of the molecule is ClCc1ccc(Nc2ncccc2Cl)cc1. The highest BCUT2D eigenvalue weighted by Gasteiger charge is 2.00. The minimum atomic E-state index is 0.518. The van der Waals surface area contributed by atoms with Gasteiger partial charge < -0.3 is 5.32 Å². The Labute approximate surface area is 104 Å². The Balaban J connectivity index is 2.18. The predicted molar refractivity (Wildman–Crippen MR) is 68.5 cm³/mol. The Morgan fingerprint density at radius 3 is 2.50 bits per heavy atom. The average Bonchev–Trinajstić information content (AvgIpc) is 2.33. The summed E-state index contributed by atoms with van der Waals surface area (Å²) in [5.41, 5.74) is 2.02. The molecule has 0 fully saturated rings. The van der Waals surface area contributed by atoms with Gasteiger partial charge in [0.15, 0.2) is 0 Å². The Morgan fingerprint density at radius 1 is 1.12 bits per heavy atom. The molecule has 0 saturated heterocycles. The molecule has 1 aromatic heterocycles. The molecule has 2 aromatic rings. The van der Waals surface area contributed by atoms with Crippen LogP contribution in [0.4, 0.5) is 11.5 Å². The number of nitrogens with zero attached hydrogens (tertiary/aromatic N) is 1. The van der Waals surface area contributed by atoms with Crippen molar-refractivity contribution in [3.05, 3.63) is 53.2 Å². The van der Waals surface area contributed by atoms with Crippen LogP contribution in [0.25, 0.3) is 0 Å². The normalized spacial score (nSPS) is 10.1. The fourth-order valence-electron chi connectivity index (χ4n) is 1.29. The molecule has 0 aliphatic rings. The third-order valence-electron chi connectivity index (χ3n) is 2.13. The number of benzene rings is 1. The van der Waals surface area contributed by atoms with Crippen molar-refractivity contribution in [2.45, 2.75) is 5.88 Å². The topological polar surface area (TPSA) is 24.9 Å². The number of hydrogen-bond acceptors (Lipinski definition) is 2. The van der Waals surface area contributed by atoms with Crippen LogP contribution in [-0.4, -0.2) is 4.98 Å². The number of aromatic nitrogens is 1. The number of hydrogen-bond donors (Lipinski definition) is 1. The molecule has 0 spiro atoms. The minimum absolute atomic E-state index is 0.518. The van der Waals surface area contributed by atoms with E-state index in [9.17, 15) is 0 Å². The Bertz CT molecular complexity index is 469.